The molecule has 2 rings (SSSR count). The lowest BCUT2D eigenvalue weighted by molar-refractivity contribution is -0.138. The van der Waals surface area contributed by atoms with Crippen molar-refractivity contribution in [1.82, 2.24) is 10.2 Å². The Morgan fingerprint density at radius 1 is 1.23 bits per heavy atom. The largest absolute Gasteiger partial charge is 0.389 e. The number of halogens is 5. The second-order valence-electron chi connectivity index (χ2n) is 5.46. The number of nitrogens with one attached hydrogen (secondary N) is 1. The molecule has 1 heterocycles. The molecule has 1 N–H and O–H groups in total. The van der Waals surface area contributed by atoms with E-state index in [1.807, 2.05) is 0 Å². The molecule has 0 bridgehead atoms. The van der Waals surface area contributed by atoms with Gasteiger partial charge in [-0.25, -0.2) is 4.39 Å². The summed E-state index contributed by atoms with van der Waals surface area (Å²) in [6.07, 6.45) is -4.98. The van der Waals surface area contributed by atoms with Crippen LogP contribution >= 0.6 is 12.4 Å². The lowest BCUT2D eigenvalue weighted by Gasteiger charge is -2.36. The molecule has 1 saturated heterocycles. The van der Waals surface area contributed by atoms with Gasteiger partial charge in [-0.3, -0.25) is 4.90 Å². The molecule has 0 aromatic heterocycles. The second kappa shape index (κ2) is 8.13. The Morgan fingerprint density at radius 3 is 2.41 bits per heavy atom. The van der Waals surface area contributed by atoms with Crippen LogP contribution in [0.15, 0.2) is 18.2 Å². The third kappa shape index (κ3) is 5.41. The lowest BCUT2D eigenvalue weighted by Crippen LogP contribution is -2.45. The van der Waals surface area contributed by atoms with Crippen LogP contribution in [0.5, 0.6) is 0 Å². The molecule has 0 aliphatic carbocycles. The normalized spacial score (nSPS) is 17.9. The summed E-state index contributed by atoms with van der Waals surface area (Å²) in [7, 11) is 0. The zero-order valence-electron chi connectivity index (χ0n) is 12.4. The summed E-state index contributed by atoms with van der Waals surface area (Å²) in [4.78, 5) is 2.06. The van der Waals surface area contributed by atoms with Crippen molar-refractivity contribution >= 4 is 12.4 Å². The molecule has 7 heteroatoms. The highest BCUT2D eigenvalue weighted by Gasteiger charge is 2.31. The molecule has 1 aliphatic rings. The third-order valence-corrected chi connectivity index (χ3v) is 3.88. The lowest BCUT2D eigenvalue weighted by atomic mass is 9.95. The maximum absolute atomic E-state index is 13.2. The predicted molar refractivity (Wildman–Crippen MR) is 80.9 cm³/mol. The van der Waals surface area contributed by atoms with Crippen LogP contribution in [0.1, 0.15) is 30.0 Å². The number of benzene rings is 1. The van der Waals surface area contributed by atoms with Crippen LogP contribution < -0.4 is 5.32 Å². The molecule has 1 aromatic rings. The Hall–Kier alpha value is -0.850. The summed E-state index contributed by atoms with van der Waals surface area (Å²) >= 11 is 0. The van der Waals surface area contributed by atoms with Gasteiger partial charge in [-0.15, -0.1) is 12.4 Å². The molecule has 0 unspecified atom stereocenters. The molecule has 0 radical (unpaired) electrons. The highest BCUT2D eigenvalue weighted by atomic mass is 35.5. The molecule has 0 amide bonds. The number of rotatable bonds is 4. The van der Waals surface area contributed by atoms with Crippen LogP contribution in [0.4, 0.5) is 17.6 Å². The summed E-state index contributed by atoms with van der Waals surface area (Å²) in [5.41, 5.74) is 1.50. The highest BCUT2D eigenvalue weighted by Crippen LogP contribution is 2.33. The number of piperazine rings is 1. The monoisotopic (exact) mass is 340 g/mol. The first-order valence-corrected chi connectivity index (χ1v) is 7.14. The van der Waals surface area contributed by atoms with Crippen molar-refractivity contribution in [2.24, 2.45) is 0 Å². The van der Waals surface area contributed by atoms with E-state index >= 15 is 0 Å². The van der Waals surface area contributed by atoms with Gasteiger partial charge in [0.25, 0.3) is 0 Å². The highest BCUT2D eigenvalue weighted by molar-refractivity contribution is 5.85. The van der Waals surface area contributed by atoms with E-state index in [0.29, 0.717) is 18.7 Å². The Labute approximate surface area is 134 Å². The molecule has 1 fully saturated rings. The molecule has 0 saturated carbocycles. The van der Waals surface area contributed by atoms with Crippen LogP contribution in [-0.2, 0) is 0 Å². The van der Waals surface area contributed by atoms with Crippen molar-refractivity contribution in [1.29, 1.82) is 0 Å². The van der Waals surface area contributed by atoms with Crippen molar-refractivity contribution < 1.29 is 17.6 Å². The average Bonchev–Trinajstić information content (AvgIpc) is 2.41. The van der Waals surface area contributed by atoms with Gasteiger partial charge in [0.2, 0.25) is 0 Å². The topological polar surface area (TPSA) is 15.3 Å². The third-order valence-electron chi connectivity index (χ3n) is 3.88. The fourth-order valence-corrected chi connectivity index (χ4v) is 2.84. The fourth-order valence-electron chi connectivity index (χ4n) is 2.84. The summed E-state index contributed by atoms with van der Waals surface area (Å²) < 4.78 is 50.9. The molecule has 1 atom stereocenters. The minimum atomic E-state index is -4.17. The van der Waals surface area contributed by atoms with Crippen molar-refractivity contribution in [3.8, 4) is 0 Å². The van der Waals surface area contributed by atoms with Crippen molar-refractivity contribution in [3.05, 3.63) is 35.1 Å². The maximum Gasteiger partial charge on any atom is 0.389 e. The number of hydrogen-bond acceptors (Lipinski definition) is 2. The van der Waals surface area contributed by atoms with Gasteiger partial charge in [0.15, 0.2) is 0 Å². The summed E-state index contributed by atoms with van der Waals surface area (Å²) in [5, 5.41) is 3.19. The molecular formula is C15H21ClF4N2. The Kier molecular flexibility index (Phi) is 7.09. The SMILES string of the molecule is Cc1cc(F)ccc1[C@H](CCC(F)(F)F)N1CCNCC1.Cl. The Morgan fingerprint density at radius 2 is 1.86 bits per heavy atom. The van der Waals surface area contributed by atoms with E-state index in [0.717, 1.165) is 18.7 Å². The molecule has 126 valence electrons. The van der Waals surface area contributed by atoms with Gasteiger partial charge in [0.1, 0.15) is 5.82 Å². The van der Waals surface area contributed by atoms with Gasteiger partial charge >= 0.3 is 6.18 Å². The predicted octanol–water partition coefficient (Wildman–Crippen LogP) is 3.84. The molecular weight excluding hydrogens is 320 g/mol. The van der Waals surface area contributed by atoms with Crippen LogP contribution in [0, 0.1) is 12.7 Å². The molecule has 1 aliphatic heterocycles. The van der Waals surface area contributed by atoms with E-state index in [9.17, 15) is 17.6 Å². The minimum absolute atomic E-state index is 0. The van der Waals surface area contributed by atoms with Crippen LogP contribution in [0.3, 0.4) is 0 Å². The number of hydrogen-bond donors (Lipinski definition) is 1. The van der Waals surface area contributed by atoms with Gasteiger partial charge < -0.3 is 5.32 Å². The molecule has 1 aromatic carbocycles. The van der Waals surface area contributed by atoms with Crippen molar-refractivity contribution in [3.63, 3.8) is 0 Å². The Balaban J connectivity index is 0.00000242. The van der Waals surface area contributed by atoms with Crippen molar-refractivity contribution in [2.75, 3.05) is 26.2 Å². The zero-order valence-corrected chi connectivity index (χ0v) is 13.2. The molecule has 0 spiro atoms. The first-order valence-electron chi connectivity index (χ1n) is 7.14. The van der Waals surface area contributed by atoms with Gasteiger partial charge in [0, 0.05) is 38.6 Å². The van der Waals surface area contributed by atoms with Gasteiger partial charge in [-0.05, 0) is 36.6 Å². The average molecular weight is 341 g/mol. The van der Waals surface area contributed by atoms with Crippen LogP contribution in [0.2, 0.25) is 0 Å². The van der Waals surface area contributed by atoms with Gasteiger partial charge in [0.05, 0.1) is 0 Å². The minimum Gasteiger partial charge on any atom is -0.314 e. The number of aryl methyl sites for hydroxylation is 1. The van der Waals surface area contributed by atoms with E-state index in [2.05, 4.69) is 10.2 Å². The van der Waals surface area contributed by atoms with Crippen LogP contribution in [-0.4, -0.2) is 37.3 Å². The summed E-state index contributed by atoms with van der Waals surface area (Å²) in [6.45, 7) is 4.70. The van der Waals surface area contributed by atoms with Crippen LogP contribution in [0.25, 0.3) is 0 Å². The second-order valence-corrected chi connectivity index (χ2v) is 5.46. The van der Waals surface area contributed by atoms with Gasteiger partial charge in [-0.2, -0.15) is 13.2 Å². The number of nitrogens with zero attached hydrogens (tertiary/aromatic N) is 1. The number of alkyl halides is 3. The smallest absolute Gasteiger partial charge is 0.314 e. The van der Waals surface area contributed by atoms with E-state index in [1.54, 1.807) is 13.0 Å². The quantitative estimate of drug-likeness (QED) is 0.838. The van der Waals surface area contributed by atoms with Gasteiger partial charge in [-0.1, -0.05) is 6.07 Å². The molecule has 2 nitrogen and oxygen atoms in total. The zero-order chi connectivity index (χ0) is 15.5. The Bertz CT molecular complexity index is 473. The van der Waals surface area contributed by atoms with E-state index in [4.69, 9.17) is 0 Å². The summed E-state index contributed by atoms with van der Waals surface area (Å²) in [5.74, 6) is -0.355. The van der Waals surface area contributed by atoms with E-state index in [-0.39, 0.29) is 30.7 Å². The molecule has 22 heavy (non-hydrogen) atoms. The van der Waals surface area contributed by atoms with E-state index < -0.39 is 12.6 Å². The fraction of sp³-hybridized carbons (Fsp3) is 0.600. The first-order chi connectivity index (χ1) is 9.87. The standard InChI is InChI=1S/C15H20F4N2.ClH/c1-11-10-12(16)2-3-13(11)14(4-5-15(17,18)19)21-8-6-20-7-9-21;/h2-3,10,14,20H,4-9H2,1H3;1H/t14-;/m0./s1. The first kappa shape index (κ1) is 19.2. The van der Waals surface area contributed by atoms with E-state index in [1.165, 1.54) is 12.1 Å². The van der Waals surface area contributed by atoms with Crippen molar-refractivity contribution in [2.45, 2.75) is 32.0 Å². The summed E-state index contributed by atoms with van der Waals surface area (Å²) in [6, 6.07) is 4.02. The maximum atomic E-state index is 13.2.